The van der Waals surface area contributed by atoms with E-state index in [-0.39, 0.29) is 30.7 Å². The molecule has 0 bridgehead atoms. The minimum atomic E-state index is -0.320. The third-order valence-electron chi connectivity index (χ3n) is 4.57. The van der Waals surface area contributed by atoms with Gasteiger partial charge in [-0.15, -0.1) is 23.1 Å². The van der Waals surface area contributed by atoms with Crippen LogP contribution >= 0.6 is 23.1 Å². The number of rotatable bonds is 9. The number of carbonyl (C=O) groups is 2. The van der Waals surface area contributed by atoms with E-state index in [0.717, 1.165) is 21.2 Å². The molecule has 1 heterocycles. The summed E-state index contributed by atoms with van der Waals surface area (Å²) in [5, 5.41) is 5.83. The number of thioether (sulfide) groups is 1. The van der Waals surface area contributed by atoms with E-state index in [1.165, 1.54) is 17.0 Å². The van der Waals surface area contributed by atoms with E-state index in [4.69, 9.17) is 0 Å². The highest BCUT2D eigenvalue weighted by Gasteiger charge is 2.20. The number of thiazole rings is 1. The molecule has 0 fully saturated rings. The highest BCUT2D eigenvalue weighted by molar-refractivity contribution is 7.98. The second-order valence-electron chi connectivity index (χ2n) is 6.87. The van der Waals surface area contributed by atoms with Crippen molar-refractivity contribution in [3.05, 3.63) is 81.6 Å². The van der Waals surface area contributed by atoms with E-state index in [0.29, 0.717) is 17.9 Å². The van der Waals surface area contributed by atoms with E-state index in [9.17, 15) is 14.0 Å². The number of carbonyl (C=O) groups excluding carboxylic acids is 2. The van der Waals surface area contributed by atoms with E-state index < -0.39 is 0 Å². The van der Waals surface area contributed by atoms with Gasteiger partial charge in [0.1, 0.15) is 5.82 Å². The molecule has 8 heteroatoms. The summed E-state index contributed by atoms with van der Waals surface area (Å²) in [6, 6.07) is 13.4. The molecule has 0 aliphatic heterocycles. The van der Waals surface area contributed by atoms with E-state index >= 15 is 0 Å². The van der Waals surface area contributed by atoms with Gasteiger partial charge in [0, 0.05) is 29.1 Å². The Morgan fingerprint density at radius 2 is 1.90 bits per heavy atom. The molecule has 0 spiro atoms. The van der Waals surface area contributed by atoms with Gasteiger partial charge in [-0.3, -0.25) is 9.59 Å². The minimum absolute atomic E-state index is 0.0409. The zero-order valence-corrected chi connectivity index (χ0v) is 19.1. The molecule has 2 aromatic carbocycles. The second kappa shape index (κ2) is 11.1. The first-order valence-corrected chi connectivity index (χ1v) is 11.8. The Bertz CT molecular complexity index is 1040. The smallest absolute Gasteiger partial charge is 0.255 e. The van der Waals surface area contributed by atoms with Gasteiger partial charge in [-0.25, -0.2) is 9.37 Å². The van der Waals surface area contributed by atoms with Gasteiger partial charge in [0.25, 0.3) is 5.91 Å². The first-order chi connectivity index (χ1) is 15.0. The number of amides is 2. The lowest BCUT2D eigenvalue weighted by molar-refractivity contribution is -0.121. The third-order valence-corrected chi connectivity index (χ3v) is 6.50. The number of hydrogen-bond donors (Lipinski definition) is 1. The molecule has 0 aliphatic carbocycles. The SMILES string of the molecule is CCN(CC(=O)NCc1ccc(F)cc1)C(=O)c1ccccc1SCc1csc(C)n1. The maximum Gasteiger partial charge on any atom is 0.255 e. The topological polar surface area (TPSA) is 62.3 Å². The molecule has 3 rings (SSSR count). The zero-order chi connectivity index (χ0) is 22.2. The van der Waals surface area contributed by atoms with Crippen molar-refractivity contribution >= 4 is 34.9 Å². The van der Waals surface area contributed by atoms with Gasteiger partial charge >= 0.3 is 0 Å². The fraction of sp³-hybridized carbons (Fsp3) is 0.261. The van der Waals surface area contributed by atoms with Crippen molar-refractivity contribution < 1.29 is 14.0 Å². The molecule has 0 atom stereocenters. The summed E-state index contributed by atoms with van der Waals surface area (Å²) in [4.78, 5) is 32.4. The predicted octanol–water partition coefficient (Wildman–Crippen LogP) is 4.66. The van der Waals surface area contributed by atoms with Crippen LogP contribution in [0.5, 0.6) is 0 Å². The molecular weight excluding hydrogens is 433 g/mol. The van der Waals surface area contributed by atoms with E-state index in [1.807, 2.05) is 37.4 Å². The van der Waals surface area contributed by atoms with Gasteiger partial charge in [-0.2, -0.15) is 0 Å². The van der Waals surface area contributed by atoms with Crippen LogP contribution in [0.3, 0.4) is 0 Å². The van der Waals surface area contributed by atoms with Gasteiger partial charge in [-0.05, 0) is 43.7 Å². The maximum atomic E-state index is 13.1. The Hall–Kier alpha value is -2.71. The van der Waals surface area contributed by atoms with Crippen molar-refractivity contribution in [3.63, 3.8) is 0 Å². The van der Waals surface area contributed by atoms with Crippen molar-refractivity contribution in [2.45, 2.75) is 31.0 Å². The van der Waals surface area contributed by atoms with Crippen LogP contribution in [0.15, 0.2) is 58.8 Å². The van der Waals surface area contributed by atoms with Crippen LogP contribution in [0.25, 0.3) is 0 Å². The molecule has 0 unspecified atom stereocenters. The largest absolute Gasteiger partial charge is 0.350 e. The molecular formula is C23H24FN3O2S2. The Morgan fingerprint density at radius 3 is 2.58 bits per heavy atom. The summed E-state index contributed by atoms with van der Waals surface area (Å²) in [6.07, 6.45) is 0. The van der Waals surface area contributed by atoms with Crippen LogP contribution in [-0.4, -0.2) is 34.8 Å². The Kier molecular flexibility index (Phi) is 8.20. The summed E-state index contributed by atoms with van der Waals surface area (Å²) in [5.41, 5.74) is 2.36. The van der Waals surface area contributed by atoms with Crippen LogP contribution in [0.2, 0.25) is 0 Å². The van der Waals surface area contributed by atoms with Crippen molar-refractivity contribution in [2.75, 3.05) is 13.1 Å². The standard InChI is InChI=1S/C23H24FN3O2S2/c1-3-27(13-22(28)25-12-17-8-10-18(24)11-9-17)23(29)20-6-4-5-7-21(20)31-15-19-14-30-16(2)26-19/h4-11,14H,3,12-13,15H2,1-2H3,(H,25,28). The van der Waals surface area contributed by atoms with Gasteiger partial charge in [0.15, 0.2) is 0 Å². The first kappa shape index (κ1) is 23.0. The fourth-order valence-corrected chi connectivity index (χ4v) is 4.58. The molecule has 31 heavy (non-hydrogen) atoms. The molecule has 3 aromatic rings. The molecule has 0 saturated heterocycles. The molecule has 162 valence electrons. The summed E-state index contributed by atoms with van der Waals surface area (Å²) in [7, 11) is 0. The number of hydrogen-bond acceptors (Lipinski definition) is 5. The normalized spacial score (nSPS) is 10.7. The lowest BCUT2D eigenvalue weighted by Crippen LogP contribution is -2.40. The van der Waals surface area contributed by atoms with Gasteiger partial charge in [-0.1, -0.05) is 24.3 Å². The minimum Gasteiger partial charge on any atom is -0.350 e. The fourth-order valence-electron chi connectivity index (χ4n) is 2.93. The Balaban J connectivity index is 1.61. The zero-order valence-electron chi connectivity index (χ0n) is 17.4. The highest BCUT2D eigenvalue weighted by Crippen LogP contribution is 2.27. The molecule has 0 radical (unpaired) electrons. The molecule has 1 N–H and O–H groups in total. The van der Waals surface area contributed by atoms with Crippen molar-refractivity contribution in [2.24, 2.45) is 0 Å². The number of aryl methyl sites for hydroxylation is 1. The number of benzene rings is 2. The number of likely N-dealkylation sites (N-methyl/N-ethyl adjacent to an activating group) is 1. The van der Waals surface area contributed by atoms with E-state index in [1.54, 1.807) is 41.3 Å². The van der Waals surface area contributed by atoms with Crippen LogP contribution in [0.4, 0.5) is 4.39 Å². The predicted molar refractivity (Wildman–Crippen MR) is 123 cm³/mol. The molecule has 0 aliphatic rings. The average molecular weight is 458 g/mol. The monoisotopic (exact) mass is 457 g/mol. The van der Waals surface area contributed by atoms with Crippen molar-refractivity contribution in [1.82, 2.24) is 15.2 Å². The molecule has 2 amide bonds. The summed E-state index contributed by atoms with van der Waals surface area (Å²) in [5.74, 6) is -0.0854. The number of aromatic nitrogens is 1. The van der Waals surface area contributed by atoms with Crippen LogP contribution < -0.4 is 5.32 Å². The number of halogens is 1. The van der Waals surface area contributed by atoms with Gasteiger partial charge in [0.2, 0.25) is 5.91 Å². The highest BCUT2D eigenvalue weighted by atomic mass is 32.2. The van der Waals surface area contributed by atoms with Crippen LogP contribution in [0, 0.1) is 12.7 Å². The molecule has 5 nitrogen and oxygen atoms in total. The average Bonchev–Trinajstić information content (AvgIpc) is 3.20. The lowest BCUT2D eigenvalue weighted by Gasteiger charge is -2.21. The maximum absolute atomic E-state index is 13.1. The number of nitrogens with one attached hydrogen (secondary N) is 1. The number of nitrogens with zero attached hydrogens (tertiary/aromatic N) is 2. The van der Waals surface area contributed by atoms with Crippen molar-refractivity contribution in [3.8, 4) is 0 Å². The van der Waals surface area contributed by atoms with E-state index in [2.05, 4.69) is 10.3 Å². The quantitative estimate of drug-likeness (QED) is 0.475. The van der Waals surface area contributed by atoms with Crippen molar-refractivity contribution in [1.29, 1.82) is 0 Å². The van der Waals surface area contributed by atoms with Gasteiger partial charge in [0.05, 0.1) is 22.8 Å². The van der Waals surface area contributed by atoms with Crippen LogP contribution in [-0.2, 0) is 17.1 Å². The second-order valence-corrected chi connectivity index (χ2v) is 8.94. The summed E-state index contributed by atoms with van der Waals surface area (Å²) < 4.78 is 13.0. The first-order valence-electron chi connectivity index (χ1n) is 9.89. The van der Waals surface area contributed by atoms with Gasteiger partial charge < -0.3 is 10.2 Å². The summed E-state index contributed by atoms with van der Waals surface area (Å²) >= 11 is 3.17. The Labute approximate surface area is 189 Å². The Morgan fingerprint density at radius 1 is 1.16 bits per heavy atom. The molecule has 0 saturated carbocycles. The third kappa shape index (κ3) is 6.63. The lowest BCUT2D eigenvalue weighted by atomic mass is 10.2. The van der Waals surface area contributed by atoms with Crippen LogP contribution in [0.1, 0.15) is 33.5 Å². The summed E-state index contributed by atoms with van der Waals surface area (Å²) in [6.45, 7) is 4.47. The molecule has 1 aromatic heterocycles.